The Hall–Kier alpha value is -1.68. The van der Waals surface area contributed by atoms with Gasteiger partial charge in [-0.25, -0.2) is 4.98 Å². The monoisotopic (exact) mass is 327 g/mol. The number of nitrogens with zero attached hydrogens (tertiary/aromatic N) is 2. The van der Waals surface area contributed by atoms with Crippen molar-refractivity contribution >= 4 is 22.2 Å². The van der Waals surface area contributed by atoms with Crippen LogP contribution in [0, 0.1) is 18.3 Å². The number of benzene rings is 1. The van der Waals surface area contributed by atoms with Crippen molar-refractivity contribution in [1.29, 1.82) is 0 Å². The van der Waals surface area contributed by atoms with Crippen LogP contribution in [0.3, 0.4) is 0 Å². The second-order valence-electron chi connectivity index (χ2n) is 7.55. The topological polar surface area (TPSA) is 37.3 Å². The Bertz CT molecular complexity index is 698. The summed E-state index contributed by atoms with van der Waals surface area (Å²) in [5, 5.41) is 7.58. The normalized spacial score (nSPS) is 22.3. The molecular formula is C19H25N3S. The molecule has 1 atom stereocenters. The van der Waals surface area contributed by atoms with Gasteiger partial charge < -0.3 is 0 Å². The summed E-state index contributed by atoms with van der Waals surface area (Å²) in [5.41, 5.74) is 8.22. The van der Waals surface area contributed by atoms with Crippen LogP contribution in [0.15, 0.2) is 34.7 Å². The summed E-state index contributed by atoms with van der Waals surface area (Å²) in [6.07, 6.45) is 3.44. The van der Waals surface area contributed by atoms with Gasteiger partial charge in [-0.05, 0) is 37.5 Å². The molecule has 3 nitrogen and oxygen atoms in total. The average molecular weight is 327 g/mol. The van der Waals surface area contributed by atoms with Gasteiger partial charge in [0.05, 0.1) is 5.69 Å². The average Bonchev–Trinajstić information content (AvgIpc) is 2.93. The van der Waals surface area contributed by atoms with E-state index in [1.165, 1.54) is 17.7 Å². The second-order valence-corrected chi connectivity index (χ2v) is 8.41. The first kappa shape index (κ1) is 16.2. The molecule has 0 radical (unpaired) electrons. The fourth-order valence-electron chi connectivity index (χ4n) is 3.51. The molecule has 0 saturated heterocycles. The van der Waals surface area contributed by atoms with Gasteiger partial charge in [0.2, 0.25) is 5.13 Å². The minimum absolute atomic E-state index is 0.355. The zero-order valence-corrected chi connectivity index (χ0v) is 15.2. The molecule has 1 aromatic heterocycles. The zero-order chi connectivity index (χ0) is 16.4. The molecular weight excluding hydrogens is 302 g/mol. The van der Waals surface area contributed by atoms with Crippen molar-refractivity contribution in [3.05, 3.63) is 35.2 Å². The van der Waals surface area contributed by atoms with Crippen molar-refractivity contribution in [1.82, 2.24) is 4.98 Å². The number of thiazole rings is 1. The molecule has 0 spiro atoms. The van der Waals surface area contributed by atoms with Crippen molar-refractivity contribution in [2.24, 2.45) is 16.4 Å². The number of anilines is 1. The van der Waals surface area contributed by atoms with E-state index < -0.39 is 0 Å². The fourth-order valence-corrected chi connectivity index (χ4v) is 4.17. The molecule has 1 heterocycles. The lowest BCUT2D eigenvalue weighted by Gasteiger charge is -2.34. The van der Waals surface area contributed by atoms with Crippen LogP contribution in [0.1, 0.15) is 45.6 Å². The summed E-state index contributed by atoms with van der Waals surface area (Å²) in [4.78, 5) is 4.65. The van der Waals surface area contributed by atoms with Crippen molar-refractivity contribution in [3.63, 3.8) is 0 Å². The summed E-state index contributed by atoms with van der Waals surface area (Å²) < 4.78 is 0. The number of hydrazone groups is 1. The van der Waals surface area contributed by atoms with Gasteiger partial charge in [-0.2, -0.15) is 5.10 Å². The Labute approximate surface area is 142 Å². The lowest BCUT2D eigenvalue weighted by molar-refractivity contribution is 0.266. The van der Waals surface area contributed by atoms with E-state index in [0.717, 1.165) is 29.2 Å². The molecule has 3 rings (SSSR count). The van der Waals surface area contributed by atoms with E-state index in [2.05, 4.69) is 72.9 Å². The van der Waals surface area contributed by atoms with Crippen LogP contribution in [0.5, 0.6) is 0 Å². The van der Waals surface area contributed by atoms with Gasteiger partial charge in [0.1, 0.15) is 0 Å². The number of hydrogen-bond acceptors (Lipinski definition) is 4. The molecule has 1 aliphatic carbocycles. The third kappa shape index (κ3) is 4.20. The van der Waals surface area contributed by atoms with Crippen LogP contribution in [-0.2, 0) is 0 Å². The summed E-state index contributed by atoms with van der Waals surface area (Å²) >= 11 is 1.61. The van der Waals surface area contributed by atoms with Crippen LogP contribution >= 0.6 is 11.3 Å². The van der Waals surface area contributed by atoms with E-state index in [0.29, 0.717) is 11.3 Å². The summed E-state index contributed by atoms with van der Waals surface area (Å²) in [7, 11) is 0. The van der Waals surface area contributed by atoms with Crippen LogP contribution < -0.4 is 5.43 Å². The summed E-state index contributed by atoms with van der Waals surface area (Å²) in [6, 6.07) is 8.47. The number of nitrogens with one attached hydrogen (secondary N) is 1. The van der Waals surface area contributed by atoms with Gasteiger partial charge in [0.25, 0.3) is 0 Å². The van der Waals surface area contributed by atoms with Gasteiger partial charge in [-0.15, -0.1) is 11.3 Å². The van der Waals surface area contributed by atoms with Crippen molar-refractivity contribution in [2.75, 3.05) is 5.43 Å². The van der Waals surface area contributed by atoms with Gasteiger partial charge >= 0.3 is 0 Å². The first-order chi connectivity index (χ1) is 10.9. The lowest BCUT2D eigenvalue weighted by Crippen LogP contribution is -2.28. The molecule has 0 amide bonds. The van der Waals surface area contributed by atoms with Crippen LogP contribution in [0.2, 0.25) is 0 Å². The Balaban J connectivity index is 1.69. The van der Waals surface area contributed by atoms with Gasteiger partial charge in [0.15, 0.2) is 0 Å². The number of aromatic nitrogens is 1. The van der Waals surface area contributed by atoms with E-state index >= 15 is 0 Å². The minimum atomic E-state index is 0.355. The first-order valence-electron chi connectivity index (χ1n) is 8.25. The largest absolute Gasteiger partial charge is 0.253 e. The predicted molar refractivity (Wildman–Crippen MR) is 100 cm³/mol. The fraction of sp³-hybridized carbons (Fsp3) is 0.474. The molecule has 1 aliphatic rings. The molecule has 2 aromatic rings. The Morgan fingerprint density at radius 1 is 1.26 bits per heavy atom. The van der Waals surface area contributed by atoms with Gasteiger partial charge in [0, 0.05) is 16.7 Å². The maximum atomic E-state index is 4.65. The van der Waals surface area contributed by atoms with E-state index in [9.17, 15) is 0 Å². The van der Waals surface area contributed by atoms with E-state index in [4.69, 9.17) is 0 Å². The quantitative estimate of drug-likeness (QED) is 0.731. The van der Waals surface area contributed by atoms with Crippen LogP contribution in [0.4, 0.5) is 5.13 Å². The standard InChI is InChI=1S/C19H25N3S/c1-13-5-7-15(8-6-13)17-12-23-18(20-17)22-21-16-9-14(2)10-19(3,4)11-16/h5-8,12,14H,9-11H2,1-4H3,(H,20,22)/b21-16+. The van der Waals surface area contributed by atoms with E-state index in [1.807, 2.05) is 0 Å². The highest BCUT2D eigenvalue weighted by Crippen LogP contribution is 2.37. The Morgan fingerprint density at radius 2 is 2.00 bits per heavy atom. The summed E-state index contributed by atoms with van der Waals surface area (Å²) in [5.74, 6) is 0.707. The van der Waals surface area contributed by atoms with Gasteiger partial charge in [-0.1, -0.05) is 50.6 Å². The third-order valence-corrected chi connectivity index (χ3v) is 5.08. The Kier molecular flexibility index (Phi) is 4.53. The molecule has 1 unspecified atom stereocenters. The maximum Gasteiger partial charge on any atom is 0.203 e. The van der Waals surface area contributed by atoms with Crippen LogP contribution in [-0.4, -0.2) is 10.7 Å². The van der Waals surface area contributed by atoms with E-state index in [1.54, 1.807) is 11.3 Å². The zero-order valence-electron chi connectivity index (χ0n) is 14.4. The highest BCUT2D eigenvalue weighted by Gasteiger charge is 2.29. The minimum Gasteiger partial charge on any atom is -0.253 e. The highest BCUT2D eigenvalue weighted by atomic mass is 32.1. The number of rotatable bonds is 3. The molecule has 0 aliphatic heterocycles. The summed E-state index contributed by atoms with van der Waals surface area (Å²) in [6.45, 7) is 9.07. The first-order valence-corrected chi connectivity index (χ1v) is 9.13. The maximum absolute atomic E-state index is 4.65. The van der Waals surface area contributed by atoms with Crippen molar-refractivity contribution in [2.45, 2.75) is 47.0 Å². The molecule has 1 aromatic carbocycles. The predicted octanol–water partition coefficient (Wildman–Crippen LogP) is 5.73. The molecule has 0 bridgehead atoms. The molecule has 1 N–H and O–H groups in total. The van der Waals surface area contributed by atoms with E-state index in [-0.39, 0.29) is 0 Å². The molecule has 4 heteroatoms. The SMILES string of the molecule is Cc1ccc(-c2csc(N/N=C3\CC(C)CC(C)(C)C3)n2)cc1. The van der Waals surface area contributed by atoms with Crippen molar-refractivity contribution in [3.8, 4) is 11.3 Å². The number of aryl methyl sites for hydroxylation is 1. The van der Waals surface area contributed by atoms with Crippen LogP contribution in [0.25, 0.3) is 11.3 Å². The smallest absolute Gasteiger partial charge is 0.203 e. The molecule has 122 valence electrons. The molecule has 23 heavy (non-hydrogen) atoms. The third-order valence-electron chi connectivity index (χ3n) is 4.33. The Morgan fingerprint density at radius 3 is 2.70 bits per heavy atom. The molecule has 1 fully saturated rings. The number of hydrogen-bond donors (Lipinski definition) is 1. The molecule has 1 saturated carbocycles. The second kappa shape index (κ2) is 6.44. The highest BCUT2D eigenvalue weighted by molar-refractivity contribution is 7.14. The van der Waals surface area contributed by atoms with Crippen molar-refractivity contribution < 1.29 is 0 Å². The van der Waals surface area contributed by atoms with Gasteiger partial charge in [-0.3, -0.25) is 5.43 Å². The lowest BCUT2D eigenvalue weighted by atomic mass is 9.72.